The lowest BCUT2D eigenvalue weighted by Gasteiger charge is -2.44. The standard InChI is InChI=1S/C16H24O10/c1-16(23)9(19)2-7-6(3-17)5-24-14(10(7)16)26-15-13(22)12(21)11(20)8(4-18)25-15/h3,5,7-15,18-23H,2,4H2,1H3/t7-,8-,9+,10-,11-,12-,13+,14+,15+,16+/m1/s1. The molecule has 0 unspecified atom stereocenters. The summed E-state index contributed by atoms with van der Waals surface area (Å²) in [7, 11) is 0. The van der Waals surface area contributed by atoms with Gasteiger partial charge in [0.25, 0.3) is 0 Å². The van der Waals surface area contributed by atoms with Crippen LogP contribution in [-0.2, 0) is 19.0 Å². The number of rotatable bonds is 4. The molecule has 0 amide bonds. The van der Waals surface area contributed by atoms with Crippen molar-refractivity contribution in [1.29, 1.82) is 0 Å². The van der Waals surface area contributed by atoms with Crippen LogP contribution < -0.4 is 0 Å². The third kappa shape index (κ3) is 3.06. The van der Waals surface area contributed by atoms with Gasteiger partial charge in [0.15, 0.2) is 6.29 Å². The molecule has 0 radical (unpaired) electrons. The Balaban J connectivity index is 1.82. The molecular weight excluding hydrogens is 352 g/mol. The Morgan fingerprint density at radius 3 is 2.54 bits per heavy atom. The lowest BCUT2D eigenvalue weighted by atomic mass is 9.81. The van der Waals surface area contributed by atoms with E-state index in [2.05, 4.69) is 0 Å². The molecule has 1 aliphatic carbocycles. The van der Waals surface area contributed by atoms with Crippen molar-refractivity contribution in [3.63, 3.8) is 0 Å². The molecule has 0 aromatic heterocycles. The minimum absolute atomic E-state index is 0.125. The molecule has 1 saturated heterocycles. The number of aliphatic hydroxyl groups is 6. The molecule has 0 bridgehead atoms. The van der Waals surface area contributed by atoms with Crippen LogP contribution in [0, 0.1) is 11.8 Å². The SMILES string of the molecule is C[C@@]1(O)[C@H]2[C@H](O[C@@H]3O[C@H](CO)[C@@H](O)[C@@H](O)[C@@H]3O)OC=C(C=O)[C@H]2C[C@@H]1O. The van der Waals surface area contributed by atoms with E-state index in [1.54, 1.807) is 0 Å². The predicted molar refractivity (Wildman–Crippen MR) is 82.1 cm³/mol. The number of hydrogen-bond acceptors (Lipinski definition) is 10. The smallest absolute Gasteiger partial charge is 0.208 e. The van der Waals surface area contributed by atoms with Gasteiger partial charge >= 0.3 is 0 Å². The third-order valence-electron chi connectivity index (χ3n) is 5.57. The first kappa shape index (κ1) is 19.6. The van der Waals surface area contributed by atoms with Crippen molar-refractivity contribution in [3.8, 4) is 0 Å². The van der Waals surface area contributed by atoms with Crippen molar-refractivity contribution in [2.24, 2.45) is 11.8 Å². The zero-order valence-electron chi connectivity index (χ0n) is 14.1. The van der Waals surface area contributed by atoms with Crippen LogP contribution in [0.5, 0.6) is 0 Å². The van der Waals surface area contributed by atoms with Crippen molar-refractivity contribution in [2.75, 3.05) is 6.61 Å². The Morgan fingerprint density at radius 2 is 1.92 bits per heavy atom. The molecule has 26 heavy (non-hydrogen) atoms. The molecule has 1 saturated carbocycles. The molecule has 2 heterocycles. The first-order valence-corrected chi connectivity index (χ1v) is 8.39. The predicted octanol–water partition coefficient (Wildman–Crippen LogP) is -3.01. The fourth-order valence-corrected chi connectivity index (χ4v) is 3.93. The monoisotopic (exact) mass is 376 g/mol. The molecule has 10 nitrogen and oxygen atoms in total. The van der Waals surface area contributed by atoms with E-state index in [1.807, 2.05) is 0 Å². The summed E-state index contributed by atoms with van der Waals surface area (Å²) in [6.07, 6.45) is -7.87. The van der Waals surface area contributed by atoms with Gasteiger partial charge in [0.05, 0.1) is 30.5 Å². The molecular formula is C16H24O10. The molecule has 0 aromatic carbocycles. The average molecular weight is 376 g/mol. The number of ether oxygens (including phenoxy) is 3. The van der Waals surface area contributed by atoms with Crippen LogP contribution in [0.15, 0.2) is 11.8 Å². The summed E-state index contributed by atoms with van der Waals surface area (Å²) in [5, 5.41) is 59.8. The van der Waals surface area contributed by atoms with Crippen molar-refractivity contribution in [2.45, 2.75) is 62.0 Å². The van der Waals surface area contributed by atoms with E-state index in [0.29, 0.717) is 6.29 Å². The number of aldehydes is 1. The van der Waals surface area contributed by atoms with Gasteiger partial charge in [-0.05, 0) is 13.3 Å². The summed E-state index contributed by atoms with van der Waals surface area (Å²) in [4.78, 5) is 11.2. The van der Waals surface area contributed by atoms with Crippen molar-refractivity contribution in [1.82, 2.24) is 0 Å². The first-order valence-electron chi connectivity index (χ1n) is 8.39. The second-order valence-electron chi connectivity index (χ2n) is 7.18. The molecule has 10 heteroatoms. The van der Waals surface area contributed by atoms with Gasteiger partial charge in [0, 0.05) is 11.5 Å². The Labute approximate surface area is 149 Å². The van der Waals surface area contributed by atoms with Gasteiger partial charge in [-0.15, -0.1) is 0 Å². The normalized spacial score (nSPS) is 51.3. The van der Waals surface area contributed by atoms with Crippen LogP contribution in [0.1, 0.15) is 13.3 Å². The zero-order chi connectivity index (χ0) is 19.2. The maximum atomic E-state index is 11.2. The first-order chi connectivity index (χ1) is 12.2. The van der Waals surface area contributed by atoms with Gasteiger partial charge in [-0.2, -0.15) is 0 Å². The van der Waals surface area contributed by atoms with Crippen LogP contribution in [0.3, 0.4) is 0 Å². The van der Waals surface area contributed by atoms with E-state index in [-0.39, 0.29) is 12.0 Å². The Bertz CT molecular complexity index is 561. The van der Waals surface area contributed by atoms with E-state index >= 15 is 0 Å². The minimum Gasteiger partial charge on any atom is -0.472 e. The van der Waals surface area contributed by atoms with Crippen LogP contribution in [0.4, 0.5) is 0 Å². The van der Waals surface area contributed by atoms with Crippen molar-refractivity contribution in [3.05, 3.63) is 11.8 Å². The zero-order valence-corrected chi connectivity index (χ0v) is 14.1. The van der Waals surface area contributed by atoms with Gasteiger partial charge in [-0.3, -0.25) is 4.79 Å². The largest absolute Gasteiger partial charge is 0.472 e. The lowest BCUT2D eigenvalue weighted by molar-refractivity contribution is -0.347. The van der Waals surface area contributed by atoms with Crippen LogP contribution in [-0.4, -0.2) is 92.2 Å². The summed E-state index contributed by atoms with van der Waals surface area (Å²) in [6.45, 7) is 0.775. The molecule has 3 aliphatic rings. The molecule has 2 fully saturated rings. The van der Waals surface area contributed by atoms with Crippen molar-refractivity contribution < 1.29 is 49.6 Å². The van der Waals surface area contributed by atoms with Gasteiger partial charge in [0.1, 0.15) is 30.7 Å². The highest BCUT2D eigenvalue weighted by molar-refractivity contribution is 5.74. The Kier molecular flexibility index (Phi) is 5.39. The van der Waals surface area contributed by atoms with Gasteiger partial charge in [0.2, 0.25) is 6.29 Å². The highest BCUT2D eigenvalue weighted by atomic mass is 16.8. The number of allylic oxidation sites excluding steroid dienone is 1. The highest BCUT2D eigenvalue weighted by Crippen LogP contribution is 2.49. The summed E-state index contributed by atoms with van der Waals surface area (Å²) in [5.41, 5.74) is -1.37. The van der Waals surface area contributed by atoms with E-state index in [0.717, 1.165) is 6.26 Å². The number of carbonyl (C=O) groups is 1. The highest BCUT2D eigenvalue weighted by Gasteiger charge is 2.58. The van der Waals surface area contributed by atoms with Crippen molar-refractivity contribution >= 4 is 6.29 Å². The Hall–Kier alpha value is -1.11. The lowest BCUT2D eigenvalue weighted by Crippen LogP contribution is -2.61. The number of aliphatic hydroxyl groups excluding tert-OH is 5. The molecule has 2 aliphatic heterocycles. The maximum absolute atomic E-state index is 11.2. The van der Waals surface area contributed by atoms with Crippen LogP contribution >= 0.6 is 0 Å². The summed E-state index contributed by atoms with van der Waals surface area (Å²) < 4.78 is 16.2. The summed E-state index contributed by atoms with van der Waals surface area (Å²) >= 11 is 0. The van der Waals surface area contributed by atoms with E-state index in [4.69, 9.17) is 14.2 Å². The van der Waals surface area contributed by atoms with Gasteiger partial charge in [-0.1, -0.05) is 0 Å². The number of carbonyl (C=O) groups excluding carboxylic acids is 1. The van der Waals surface area contributed by atoms with Gasteiger partial charge < -0.3 is 44.8 Å². The fraction of sp³-hybridized carbons (Fsp3) is 0.812. The Morgan fingerprint density at radius 1 is 1.23 bits per heavy atom. The summed E-state index contributed by atoms with van der Waals surface area (Å²) in [5.74, 6) is -1.36. The molecule has 6 N–H and O–H groups in total. The van der Waals surface area contributed by atoms with E-state index in [9.17, 15) is 35.4 Å². The maximum Gasteiger partial charge on any atom is 0.208 e. The fourth-order valence-electron chi connectivity index (χ4n) is 3.93. The average Bonchev–Trinajstić information content (AvgIpc) is 2.85. The topological polar surface area (TPSA) is 166 Å². The number of fused-ring (bicyclic) bond motifs is 1. The summed E-state index contributed by atoms with van der Waals surface area (Å²) in [6, 6.07) is 0. The minimum atomic E-state index is -1.64. The second-order valence-corrected chi connectivity index (χ2v) is 7.18. The second kappa shape index (κ2) is 7.13. The van der Waals surface area contributed by atoms with E-state index in [1.165, 1.54) is 6.92 Å². The molecule has 0 spiro atoms. The molecule has 148 valence electrons. The van der Waals surface area contributed by atoms with Crippen LogP contribution in [0.2, 0.25) is 0 Å². The molecule has 3 rings (SSSR count). The third-order valence-corrected chi connectivity index (χ3v) is 5.57. The number of hydrogen-bond donors (Lipinski definition) is 6. The van der Waals surface area contributed by atoms with Gasteiger partial charge in [-0.25, -0.2) is 0 Å². The molecule has 10 atom stereocenters. The molecule has 0 aromatic rings. The quantitative estimate of drug-likeness (QED) is 0.278. The van der Waals surface area contributed by atoms with E-state index < -0.39 is 67.1 Å². The van der Waals surface area contributed by atoms with Crippen LogP contribution in [0.25, 0.3) is 0 Å².